The van der Waals surface area contributed by atoms with Gasteiger partial charge in [-0.1, -0.05) is 105 Å². The van der Waals surface area contributed by atoms with E-state index >= 15 is 0 Å². The minimum absolute atomic E-state index is 0. The van der Waals surface area contributed by atoms with Gasteiger partial charge < -0.3 is 5.11 Å². The Kier molecular flexibility index (Phi) is 14.5. The number of aliphatic hydroxyl groups is 1. The number of ketones is 1. The number of aromatic nitrogens is 3. The summed E-state index contributed by atoms with van der Waals surface area (Å²) >= 11 is 1.83. The summed E-state index contributed by atoms with van der Waals surface area (Å²) in [6, 6.07) is 20.7. The van der Waals surface area contributed by atoms with Crippen molar-refractivity contribution in [3.05, 3.63) is 89.4 Å². The zero-order valence-corrected chi connectivity index (χ0v) is 35.6. The molecule has 0 spiro atoms. The summed E-state index contributed by atoms with van der Waals surface area (Å²) in [7, 11) is 0. The number of carbonyl (C=O) groups excluding carboxylic acids is 1. The van der Waals surface area contributed by atoms with Gasteiger partial charge in [-0.25, -0.2) is 4.98 Å². The van der Waals surface area contributed by atoms with E-state index in [1.165, 1.54) is 26.6 Å². The molecule has 51 heavy (non-hydrogen) atoms. The van der Waals surface area contributed by atoms with E-state index in [-0.39, 0.29) is 47.9 Å². The van der Waals surface area contributed by atoms with E-state index in [1.54, 1.807) is 6.33 Å². The molecular weight excluding hydrogens is 827 g/mol. The van der Waals surface area contributed by atoms with Crippen LogP contribution in [-0.4, -0.2) is 25.8 Å². The topological polar surface area (TPSA) is 76.0 Å². The normalized spacial score (nSPS) is 12.5. The molecule has 0 bridgehead atoms. The van der Waals surface area contributed by atoms with Gasteiger partial charge >= 0.3 is 0 Å². The van der Waals surface area contributed by atoms with Crippen LogP contribution in [-0.2, 0) is 36.7 Å². The van der Waals surface area contributed by atoms with Gasteiger partial charge in [-0.15, -0.1) is 40.5 Å². The molecule has 0 aliphatic heterocycles. The summed E-state index contributed by atoms with van der Waals surface area (Å²) in [5.41, 5.74) is 5.54. The fraction of sp³-hybridized carbons (Fsp3) is 0.455. The number of allylic oxidation sites excluding steroid dienone is 2. The number of carbonyl (C=O) groups is 1. The Hall–Kier alpha value is -3.25. The van der Waals surface area contributed by atoms with Gasteiger partial charge in [0.15, 0.2) is 5.78 Å². The average Bonchev–Trinajstić information content (AvgIpc) is 3.51. The van der Waals surface area contributed by atoms with Crippen molar-refractivity contribution in [3.63, 3.8) is 0 Å². The first-order chi connectivity index (χ1) is 23.6. The SMILES string of the molecule is CC(C)Cc1cc2ncc(-c3cc(-c4[c-]c5ccccc5c(C(C)(C)C)c4)ncn3)cc2s1.CCC(C)(CC)C(=O)/C=C(\O)C(C)(CC)CC.[Ir]. The molecule has 0 fully saturated rings. The first-order valence-corrected chi connectivity index (χ1v) is 19.0. The number of fused-ring (bicyclic) bond motifs is 2. The zero-order chi connectivity index (χ0) is 36.9. The number of benzene rings is 2. The minimum Gasteiger partial charge on any atom is -0.512 e. The van der Waals surface area contributed by atoms with E-state index in [4.69, 9.17) is 4.98 Å². The molecule has 3 aromatic heterocycles. The van der Waals surface area contributed by atoms with Gasteiger partial charge in [-0.05, 0) is 61.6 Å². The summed E-state index contributed by atoms with van der Waals surface area (Å²) in [6.07, 6.45) is 9.41. The summed E-state index contributed by atoms with van der Waals surface area (Å²) < 4.78 is 1.20. The quantitative estimate of drug-likeness (QED) is 0.0812. The van der Waals surface area contributed by atoms with Crippen molar-refractivity contribution in [1.29, 1.82) is 0 Å². The van der Waals surface area contributed by atoms with Crippen LogP contribution in [0.25, 0.3) is 43.5 Å². The van der Waals surface area contributed by atoms with Crippen molar-refractivity contribution in [3.8, 4) is 22.5 Å². The number of aliphatic hydroxyl groups excluding tert-OH is 1. The fourth-order valence-corrected chi connectivity index (χ4v) is 7.22. The van der Waals surface area contributed by atoms with Gasteiger partial charge in [0.25, 0.3) is 0 Å². The molecule has 0 saturated heterocycles. The van der Waals surface area contributed by atoms with Crippen LogP contribution in [0.3, 0.4) is 0 Å². The Balaban J connectivity index is 0.000000335. The van der Waals surface area contributed by atoms with Crippen molar-refractivity contribution >= 4 is 38.1 Å². The molecule has 3 heterocycles. The first-order valence-electron chi connectivity index (χ1n) is 18.2. The van der Waals surface area contributed by atoms with Gasteiger partial charge in [-0.2, -0.15) is 0 Å². The minimum atomic E-state index is -0.337. The number of pyridine rings is 1. The third kappa shape index (κ3) is 10.0. The molecule has 1 radical (unpaired) electrons. The number of hydrogen-bond donors (Lipinski definition) is 1. The maximum Gasteiger partial charge on any atom is 0.164 e. The Labute approximate surface area is 323 Å². The summed E-state index contributed by atoms with van der Waals surface area (Å²) in [5, 5.41) is 12.5. The Bertz CT molecular complexity index is 1960. The van der Waals surface area contributed by atoms with Crippen molar-refractivity contribution in [2.75, 3.05) is 0 Å². The van der Waals surface area contributed by atoms with Crippen LogP contribution < -0.4 is 0 Å². The Morgan fingerprint density at radius 2 is 1.49 bits per heavy atom. The van der Waals surface area contributed by atoms with Crippen LogP contribution in [0.5, 0.6) is 0 Å². The summed E-state index contributed by atoms with van der Waals surface area (Å²) in [4.78, 5) is 27.5. The van der Waals surface area contributed by atoms with E-state index in [0.717, 1.165) is 65.5 Å². The van der Waals surface area contributed by atoms with Gasteiger partial charge in [0, 0.05) is 59.3 Å². The summed E-state index contributed by atoms with van der Waals surface area (Å²) in [5.74, 6) is 0.923. The van der Waals surface area contributed by atoms with Crippen LogP contribution >= 0.6 is 11.3 Å². The molecule has 0 amide bonds. The molecule has 0 unspecified atom stereocenters. The molecule has 5 nitrogen and oxygen atoms in total. The summed E-state index contributed by atoms with van der Waals surface area (Å²) in [6.45, 7) is 23.3. The molecule has 5 aromatic rings. The molecule has 0 saturated carbocycles. The number of thiophene rings is 1. The third-order valence-electron chi connectivity index (χ3n) is 10.5. The molecule has 0 aliphatic carbocycles. The second-order valence-corrected chi connectivity index (χ2v) is 16.7. The van der Waals surface area contributed by atoms with E-state index in [1.807, 2.05) is 59.1 Å². The monoisotopic (exact) mass is 883 g/mol. The molecular formula is C44H56IrN3O2S-. The predicted octanol–water partition coefficient (Wildman–Crippen LogP) is 12.5. The molecule has 5 rings (SSSR count). The van der Waals surface area contributed by atoms with Gasteiger partial charge in [0.05, 0.1) is 15.9 Å². The standard InChI is InChI=1S/C29H28N3S.C15H28O2.Ir/c1-18(2)10-22-14-27-28(33-22)13-21(16-30-27)26-15-25(31-17-32-26)20-11-19-8-6-7-9-23(19)24(12-20)29(3,4)5;1-7-14(5,8-2)12(16)11-13(17)15(6,9-3)10-4;/h6-9,12-18H,10H2,1-5H3;11,16H,7-10H2,1-6H3;/q-1;;/b;12-11-;. The van der Waals surface area contributed by atoms with E-state index in [9.17, 15) is 9.90 Å². The molecule has 0 atom stereocenters. The predicted molar refractivity (Wildman–Crippen MR) is 213 cm³/mol. The van der Waals surface area contributed by atoms with E-state index < -0.39 is 0 Å². The fourth-order valence-electron chi connectivity index (χ4n) is 5.95. The van der Waals surface area contributed by atoms with Crippen molar-refractivity contribution < 1.29 is 30.0 Å². The van der Waals surface area contributed by atoms with Crippen molar-refractivity contribution in [1.82, 2.24) is 15.0 Å². The molecule has 0 aliphatic rings. The van der Waals surface area contributed by atoms with Crippen LogP contribution in [0, 0.1) is 22.8 Å². The Morgan fingerprint density at radius 1 is 0.863 bits per heavy atom. The molecule has 2 aromatic carbocycles. The van der Waals surface area contributed by atoms with Crippen molar-refractivity contribution in [2.45, 2.75) is 114 Å². The zero-order valence-electron chi connectivity index (χ0n) is 32.4. The van der Waals surface area contributed by atoms with Gasteiger partial charge in [0.1, 0.15) is 12.1 Å². The van der Waals surface area contributed by atoms with Gasteiger partial charge in [0.2, 0.25) is 0 Å². The maximum atomic E-state index is 12.2. The molecule has 275 valence electrons. The number of rotatable bonds is 11. The molecule has 1 N–H and O–H groups in total. The number of hydrogen-bond acceptors (Lipinski definition) is 6. The largest absolute Gasteiger partial charge is 0.512 e. The van der Waals surface area contributed by atoms with Crippen LogP contribution in [0.1, 0.15) is 112 Å². The van der Waals surface area contributed by atoms with E-state index in [0.29, 0.717) is 5.92 Å². The molecule has 7 heteroatoms. The third-order valence-corrected chi connectivity index (χ3v) is 11.5. The van der Waals surface area contributed by atoms with Crippen molar-refractivity contribution in [2.24, 2.45) is 16.7 Å². The van der Waals surface area contributed by atoms with Gasteiger partial charge in [-0.3, -0.25) is 14.8 Å². The number of nitrogens with zero attached hydrogens (tertiary/aromatic N) is 3. The van der Waals surface area contributed by atoms with E-state index in [2.05, 4.69) is 99.2 Å². The average molecular weight is 883 g/mol. The van der Waals surface area contributed by atoms with Crippen LogP contribution in [0.4, 0.5) is 0 Å². The first kappa shape index (κ1) is 42.2. The Morgan fingerprint density at radius 3 is 2.10 bits per heavy atom. The smallest absolute Gasteiger partial charge is 0.164 e. The van der Waals surface area contributed by atoms with Crippen LogP contribution in [0.2, 0.25) is 0 Å². The second-order valence-electron chi connectivity index (χ2n) is 15.5. The maximum absolute atomic E-state index is 12.2. The second kappa shape index (κ2) is 17.5. The van der Waals surface area contributed by atoms with Crippen LogP contribution in [0.15, 0.2) is 72.9 Å².